The molecule has 6 nitrogen and oxygen atoms in total. The third kappa shape index (κ3) is 1.65. The Morgan fingerprint density at radius 3 is 2.88 bits per heavy atom. The number of carbonyl (C=O) groups excluding carboxylic acids is 1. The number of amides is 1. The Morgan fingerprint density at radius 2 is 2.06 bits per heavy atom. The van der Waals surface area contributed by atoms with Crippen molar-refractivity contribution < 1.29 is 4.79 Å². The number of para-hydroxylation sites is 1. The Kier molecular flexibility index (Phi) is 2.11. The molecule has 0 aliphatic carbocycles. The fraction of sp³-hybridized carbons (Fsp3) is 0. The van der Waals surface area contributed by atoms with Crippen LogP contribution >= 0.6 is 0 Å². The lowest BCUT2D eigenvalue weighted by atomic mass is 10.2. The van der Waals surface area contributed by atoms with Crippen molar-refractivity contribution in [1.29, 1.82) is 0 Å². The molecular formula is C11H9N5O. The number of nitrogens with one attached hydrogen (secondary N) is 3. The number of rotatable bonds is 2. The highest BCUT2D eigenvalue weighted by molar-refractivity contribution is 6.10. The van der Waals surface area contributed by atoms with Gasteiger partial charge in [0.2, 0.25) is 0 Å². The molecular weight excluding hydrogens is 218 g/mol. The van der Waals surface area contributed by atoms with E-state index in [2.05, 4.69) is 25.7 Å². The minimum absolute atomic E-state index is 0.272. The second-order valence-corrected chi connectivity index (χ2v) is 3.54. The molecule has 3 aromatic rings. The minimum atomic E-state index is -0.272. The second-order valence-electron chi connectivity index (χ2n) is 3.54. The first-order chi connectivity index (χ1) is 8.34. The summed E-state index contributed by atoms with van der Waals surface area (Å²) >= 11 is 0. The van der Waals surface area contributed by atoms with E-state index < -0.39 is 0 Å². The van der Waals surface area contributed by atoms with Gasteiger partial charge in [-0.15, -0.1) is 0 Å². The number of aromatic nitrogens is 4. The molecule has 3 rings (SSSR count). The molecule has 0 radical (unpaired) electrons. The van der Waals surface area contributed by atoms with Crippen LogP contribution in [0.3, 0.4) is 0 Å². The zero-order chi connectivity index (χ0) is 11.7. The van der Waals surface area contributed by atoms with Gasteiger partial charge in [-0.3, -0.25) is 15.0 Å². The van der Waals surface area contributed by atoms with Crippen molar-refractivity contribution in [3.8, 4) is 0 Å². The quantitative estimate of drug-likeness (QED) is 0.620. The van der Waals surface area contributed by atoms with Gasteiger partial charge >= 0.3 is 0 Å². The summed E-state index contributed by atoms with van der Waals surface area (Å²) in [6.45, 7) is 0. The van der Waals surface area contributed by atoms with Crippen LogP contribution in [0.4, 0.5) is 5.82 Å². The molecule has 2 heterocycles. The van der Waals surface area contributed by atoms with E-state index in [0.717, 1.165) is 10.9 Å². The van der Waals surface area contributed by atoms with Crippen molar-refractivity contribution in [2.24, 2.45) is 0 Å². The number of fused-ring (bicyclic) bond motifs is 1. The van der Waals surface area contributed by atoms with Gasteiger partial charge in [0.25, 0.3) is 5.91 Å². The summed E-state index contributed by atoms with van der Waals surface area (Å²) in [5.41, 5.74) is 1.21. The van der Waals surface area contributed by atoms with Crippen LogP contribution in [0, 0.1) is 0 Å². The van der Waals surface area contributed by atoms with Crippen LogP contribution in [-0.4, -0.2) is 26.3 Å². The van der Waals surface area contributed by atoms with Crippen molar-refractivity contribution in [2.45, 2.75) is 0 Å². The van der Waals surface area contributed by atoms with Crippen molar-refractivity contribution in [3.63, 3.8) is 0 Å². The van der Waals surface area contributed by atoms with Crippen LogP contribution < -0.4 is 5.32 Å². The van der Waals surface area contributed by atoms with Crippen LogP contribution in [0.5, 0.6) is 0 Å². The van der Waals surface area contributed by atoms with Crippen LogP contribution in [0.25, 0.3) is 10.9 Å². The number of benzene rings is 1. The van der Waals surface area contributed by atoms with E-state index in [1.165, 1.54) is 0 Å². The van der Waals surface area contributed by atoms with Gasteiger partial charge in [0.05, 0.1) is 11.7 Å². The molecule has 0 bridgehead atoms. The normalized spacial score (nSPS) is 10.6. The molecule has 0 aliphatic heterocycles. The lowest BCUT2D eigenvalue weighted by molar-refractivity contribution is 0.102. The minimum Gasteiger partial charge on any atom is -0.306 e. The fourth-order valence-corrected chi connectivity index (χ4v) is 1.64. The van der Waals surface area contributed by atoms with Crippen LogP contribution in [0.15, 0.2) is 36.5 Å². The van der Waals surface area contributed by atoms with Crippen molar-refractivity contribution in [1.82, 2.24) is 20.4 Å². The first kappa shape index (κ1) is 9.59. The molecule has 3 N–H and O–H groups in total. The predicted octanol–water partition coefficient (Wildman–Crippen LogP) is 1.54. The Hall–Kier alpha value is -2.63. The topological polar surface area (TPSA) is 86.5 Å². The standard InChI is InChI=1S/C11H9N5O/c17-11(13-9-5-6-12-15-9)10-7-3-1-2-4-8(7)14-16-10/h1-6H,(H,14,16)(H2,12,13,15,17). The van der Waals surface area contributed by atoms with E-state index in [-0.39, 0.29) is 5.91 Å². The average molecular weight is 227 g/mol. The van der Waals surface area contributed by atoms with Gasteiger partial charge in [-0.25, -0.2) is 0 Å². The monoisotopic (exact) mass is 227 g/mol. The molecule has 1 aromatic carbocycles. The highest BCUT2D eigenvalue weighted by Crippen LogP contribution is 2.15. The van der Waals surface area contributed by atoms with Crippen molar-refractivity contribution >= 4 is 22.6 Å². The number of H-pyrrole nitrogens is 2. The summed E-state index contributed by atoms with van der Waals surface area (Å²) in [6.07, 6.45) is 1.57. The molecule has 84 valence electrons. The molecule has 0 fully saturated rings. The Bertz CT molecular complexity index is 655. The van der Waals surface area contributed by atoms with Crippen LogP contribution in [0.1, 0.15) is 10.5 Å². The van der Waals surface area contributed by atoms with Crippen molar-refractivity contribution in [3.05, 3.63) is 42.2 Å². The van der Waals surface area contributed by atoms with Gasteiger partial charge in [0.1, 0.15) is 5.82 Å². The van der Waals surface area contributed by atoms with Gasteiger partial charge in [-0.1, -0.05) is 18.2 Å². The van der Waals surface area contributed by atoms with Gasteiger partial charge in [0, 0.05) is 11.5 Å². The number of nitrogens with zero attached hydrogens (tertiary/aromatic N) is 2. The fourth-order valence-electron chi connectivity index (χ4n) is 1.64. The lowest BCUT2D eigenvalue weighted by Crippen LogP contribution is -2.13. The summed E-state index contributed by atoms with van der Waals surface area (Å²) in [7, 11) is 0. The Morgan fingerprint density at radius 1 is 1.18 bits per heavy atom. The second kappa shape index (κ2) is 3.75. The Balaban J connectivity index is 1.96. The summed E-state index contributed by atoms with van der Waals surface area (Å²) in [5, 5.41) is 16.7. The summed E-state index contributed by atoms with van der Waals surface area (Å²) < 4.78 is 0. The molecule has 6 heteroatoms. The van der Waals surface area contributed by atoms with Gasteiger partial charge in [0.15, 0.2) is 5.69 Å². The van der Waals surface area contributed by atoms with Crippen LogP contribution in [0.2, 0.25) is 0 Å². The summed E-state index contributed by atoms with van der Waals surface area (Å²) in [6, 6.07) is 9.14. The molecule has 0 spiro atoms. The van der Waals surface area contributed by atoms with E-state index in [1.807, 2.05) is 24.3 Å². The maximum Gasteiger partial charge on any atom is 0.277 e. The molecule has 0 saturated heterocycles. The highest BCUT2D eigenvalue weighted by atomic mass is 16.2. The average Bonchev–Trinajstić information content (AvgIpc) is 2.96. The molecule has 1 amide bonds. The molecule has 0 unspecified atom stereocenters. The summed E-state index contributed by atoms with van der Waals surface area (Å²) in [4.78, 5) is 11.9. The van der Waals surface area contributed by atoms with E-state index in [9.17, 15) is 4.79 Å². The molecule has 2 aromatic heterocycles. The predicted molar refractivity (Wildman–Crippen MR) is 62.6 cm³/mol. The molecule has 0 atom stereocenters. The first-order valence-electron chi connectivity index (χ1n) is 5.08. The van der Waals surface area contributed by atoms with E-state index >= 15 is 0 Å². The number of hydrogen-bond donors (Lipinski definition) is 3. The van der Waals surface area contributed by atoms with Crippen LogP contribution in [-0.2, 0) is 0 Å². The van der Waals surface area contributed by atoms with E-state index in [0.29, 0.717) is 11.5 Å². The zero-order valence-corrected chi connectivity index (χ0v) is 8.77. The number of aromatic amines is 2. The smallest absolute Gasteiger partial charge is 0.277 e. The van der Waals surface area contributed by atoms with Gasteiger partial charge in [-0.2, -0.15) is 10.2 Å². The SMILES string of the molecule is O=C(Nc1ccn[nH]1)c1n[nH]c2ccccc12. The highest BCUT2D eigenvalue weighted by Gasteiger charge is 2.13. The maximum atomic E-state index is 11.9. The number of hydrogen-bond acceptors (Lipinski definition) is 3. The number of anilines is 1. The maximum absolute atomic E-state index is 11.9. The lowest BCUT2D eigenvalue weighted by Gasteiger charge is -1.98. The molecule has 0 saturated carbocycles. The van der Waals surface area contributed by atoms with Crippen molar-refractivity contribution in [2.75, 3.05) is 5.32 Å². The van der Waals surface area contributed by atoms with Gasteiger partial charge < -0.3 is 5.32 Å². The molecule has 17 heavy (non-hydrogen) atoms. The van der Waals surface area contributed by atoms with Gasteiger partial charge in [-0.05, 0) is 6.07 Å². The van der Waals surface area contributed by atoms with E-state index in [1.54, 1.807) is 12.3 Å². The Labute approximate surface area is 96.0 Å². The third-order valence-corrected chi connectivity index (χ3v) is 2.43. The number of carbonyl (C=O) groups is 1. The molecule has 0 aliphatic rings. The van der Waals surface area contributed by atoms with E-state index in [4.69, 9.17) is 0 Å². The zero-order valence-electron chi connectivity index (χ0n) is 8.77. The first-order valence-corrected chi connectivity index (χ1v) is 5.08. The summed E-state index contributed by atoms with van der Waals surface area (Å²) in [5.74, 6) is 0.272. The largest absolute Gasteiger partial charge is 0.306 e. The third-order valence-electron chi connectivity index (χ3n) is 2.43.